The van der Waals surface area contributed by atoms with Gasteiger partial charge in [-0.1, -0.05) is 98.6 Å². The van der Waals surface area contributed by atoms with Gasteiger partial charge in [-0.3, -0.25) is 10.2 Å². The molecule has 1 amide bonds. The fourth-order valence-electron chi connectivity index (χ4n) is 5.61. The van der Waals surface area contributed by atoms with Gasteiger partial charge in [0.1, 0.15) is 5.75 Å². The Morgan fingerprint density at radius 3 is 2.30 bits per heavy atom. The monoisotopic (exact) mass is 741 g/mol. The van der Waals surface area contributed by atoms with Gasteiger partial charge in [0.15, 0.2) is 11.6 Å². The number of aliphatic imine (C=N–C) groups is 1. The Morgan fingerprint density at radius 1 is 0.870 bits per heavy atom. The van der Waals surface area contributed by atoms with Gasteiger partial charge in [-0.05, 0) is 76.0 Å². The maximum Gasteiger partial charge on any atom is 0.266 e. The molecule has 0 unspecified atom stereocenters. The van der Waals surface area contributed by atoms with E-state index in [9.17, 15) is 4.79 Å². The summed E-state index contributed by atoms with van der Waals surface area (Å²) in [7, 11) is 0. The van der Waals surface area contributed by atoms with Gasteiger partial charge >= 0.3 is 0 Å². The zero-order valence-corrected chi connectivity index (χ0v) is 28.1. The van der Waals surface area contributed by atoms with E-state index in [1.165, 1.54) is 0 Å². The summed E-state index contributed by atoms with van der Waals surface area (Å²) >= 11 is 7.06. The number of hydrazine groups is 1. The van der Waals surface area contributed by atoms with E-state index in [-0.39, 0.29) is 12.5 Å². The highest BCUT2D eigenvalue weighted by molar-refractivity contribution is 9.10. The molecule has 5 aromatic carbocycles. The van der Waals surface area contributed by atoms with Gasteiger partial charge < -0.3 is 14.6 Å². The number of nitrogens with one attached hydrogen (secondary N) is 2. The predicted molar refractivity (Wildman–Crippen MR) is 188 cm³/mol. The van der Waals surface area contributed by atoms with Crippen molar-refractivity contribution in [1.82, 2.24) is 10.9 Å². The number of ether oxygens (including phenoxy) is 2. The number of hydrogen-bond acceptors (Lipinski definition) is 6. The van der Waals surface area contributed by atoms with Crippen LogP contribution in [0.3, 0.4) is 0 Å². The zero-order valence-electron chi connectivity index (χ0n) is 25.0. The van der Waals surface area contributed by atoms with Crippen LogP contribution in [0.2, 0.25) is 0 Å². The number of carbonyl (C=O) groups excluding carboxylic acids is 1. The Hall–Kier alpha value is -4.02. The number of hydrogen-bond donors (Lipinski definition) is 3. The second kappa shape index (κ2) is 14.6. The van der Waals surface area contributed by atoms with E-state index >= 15 is 0 Å². The molecule has 5 aromatic rings. The third-order valence-corrected chi connectivity index (χ3v) is 9.01. The number of benzene rings is 5. The van der Waals surface area contributed by atoms with Crippen LogP contribution in [-0.4, -0.2) is 35.7 Å². The van der Waals surface area contributed by atoms with Crippen LogP contribution in [0.1, 0.15) is 34.8 Å². The number of nitrogens with zero attached hydrogens (tertiary/aromatic N) is 1. The van der Waals surface area contributed by atoms with Crippen molar-refractivity contribution in [3.63, 3.8) is 0 Å². The van der Waals surface area contributed by atoms with E-state index in [0.717, 1.165) is 42.0 Å². The lowest BCUT2D eigenvalue weighted by Gasteiger charge is -2.31. The highest BCUT2D eigenvalue weighted by atomic mass is 79.9. The molecule has 234 valence electrons. The molecule has 0 aliphatic carbocycles. The summed E-state index contributed by atoms with van der Waals surface area (Å²) < 4.78 is 14.2. The summed E-state index contributed by atoms with van der Waals surface area (Å²) in [6, 6.07) is 37.5. The van der Waals surface area contributed by atoms with Gasteiger partial charge in [0, 0.05) is 40.5 Å². The topological polar surface area (TPSA) is 92.2 Å². The van der Waals surface area contributed by atoms with Gasteiger partial charge in [0.05, 0.1) is 6.61 Å². The minimum atomic E-state index is -1.33. The van der Waals surface area contributed by atoms with E-state index in [4.69, 9.17) is 19.6 Å². The quantitative estimate of drug-likeness (QED) is 0.0913. The van der Waals surface area contributed by atoms with Crippen LogP contribution in [0.25, 0.3) is 10.8 Å². The lowest BCUT2D eigenvalue weighted by atomic mass is 9.82. The first-order chi connectivity index (χ1) is 22.4. The fourth-order valence-corrected chi connectivity index (χ4v) is 6.14. The van der Waals surface area contributed by atoms with E-state index in [1.807, 2.05) is 91.0 Å². The number of aliphatic hydroxyl groups is 1. The normalized spacial score (nSPS) is 17.4. The van der Waals surface area contributed by atoms with Crippen molar-refractivity contribution in [1.29, 1.82) is 0 Å². The van der Waals surface area contributed by atoms with Crippen molar-refractivity contribution in [3.05, 3.63) is 146 Å². The molecule has 0 spiro atoms. The van der Waals surface area contributed by atoms with Crippen LogP contribution < -0.4 is 15.6 Å². The first-order valence-electron chi connectivity index (χ1n) is 15.1. The van der Waals surface area contributed by atoms with E-state index < -0.39 is 11.6 Å². The van der Waals surface area contributed by atoms with Gasteiger partial charge in [-0.2, -0.15) is 0 Å². The number of halogens is 2. The SMILES string of the molecule is O=C(NNCc1cccc2ccccc12)[C@@]1(Cc2ccc(Br)cc2)N=C(c2ccc(OCCCO)cc2)O[C@H]1c1ccc(Br)cc1. The molecule has 3 N–H and O–H groups in total. The fraction of sp³-hybridized carbons (Fsp3) is 0.189. The number of fused-ring (bicyclic) bond motifs is 1. The van der Waals surface area contributed by atoms with E-state index in [1.54, 1.807) is 0 Å². The Balaban J connectivity index is 1.35. The molecule has 46 heavy (non-hydrogen) atoms. The smallest absolute Gasteiger partial charge is 0.266 e. The van der Waals surface area contributed by atoms with Gasteiger partial charge in [0.25, 0.3) is 5.91 Å². The molecule has 1 heterocycles. The van der Waals surface area contributed by atoms with E-state index in [2.05, 4.69) is 67.0 Å². The summed E-state index contributed by atoms with van der Waals surface area (Å²) in [4.78, 5) is 19.6. The van der Waals surface area contributed by atoms with Crippen molar-refractivity contribution in [3.8, 4) is 5.75 Å². The van der Waals surface area contributed by atoms with Crippen molar-refractivity contribution < 1.29 is 19.4 Å². The first kappa shape index (κ1) is 31.9. The van der Waals surface area contributed by atoms with E-state index in [0.29, 0.717) is 37.6 Å². The van der Waals surface area contributed by atoms with Crippen LogP contribution >= 0.6 is 31.9 Å². The van der Waals surface area contributed by atoms with Crippen molar-refractivity contribution in [2.24, 2.45) is 4.99 Å². The van der Waals surface area contributed by atoms with Crippen LogP contribution in [0, 0.1) is 0 Å². The minimum Gasteiger partial charge on any atom is -0.494 e. The largest absolute Gasteiger partial charge is 0.494 e. The van der Waals surface area contributed by atoms with Crippen LogP contribution in [0.15, 0.2) is 129 Å². The van der Waals surface area contributed by atoms with Gasteiger partial charge in [0.2, 0.25) is 5.90 Å². The lowest BCUT2D eigenvalue weighted by molar-refractivity contribution is -0.130. The zero-order chi connectivity index (χ0) is 31.9. The summed E-state index contributed by atoms with van der Waals surface area (Å²) in [5, 5.41) is 11.3. The molecule has 0 aromatic heterocycles. The van der Waals surface area contributed by atoms with Crippen molar-refractivity contribution >= 4 is 54.4 Å². The molecular weight excluding hydrogens is 710 g/mol. The molecular formula is C37H33Br2N3O4. The van der Waals surface area contributed by atoms with Gasteiger partial charge in [-0.15, -0.1) is 0 Å². The third-order valence-electron chi connectivity index (χ3n) is 7.95. The second-order valence-corrected chi connectivity index (χ2v) is 12.9. The van der Waals surface area contributed by atoms with Crippen molar-refractivity contribution in [2.75, 3.05) is 13.2 Å². The number of amides is 1. The molecule has 1 aliphatic rings. The lowest BCUT2D eigenvalue weighted by Crippen LogP contribution is -2.53. The Labute approximate surface area is 284 Å². The Morgan fingerprint density at radius 2 is 1.57 bits per heavy atom. The standard InChI is InChI=1S/C37H33Br2N3O4/c38-30-15-9-25(10-16-30)23-37(36(44)42-40-24-29-7-3-6-26-5-1-2-8-33(26)29)34(27-11-17-31(39)18-12-27)46-35(41-37)28-13-19-32(20-14-28)45-22-4-21-43/h1-3,5-20,34,40,43H,4,21-24H2,(H,42,44)/t34-,37-/m0/s1. The summed E-state index contributed by atoms with van der Waals surface area (Å²) in [5.41, 5.74) is 8.41. The Kier molecular flexibility index (Phi) is 10.1. The van der Waals surface area contributed by atoms with Gasteiger partial charge in [-0.25, -0.2) is 10.4 Å². The van der Waals surface area contributed by atoms with Crippen LogP contribution in [-0.2, 0) is 22.5 Å². The average molecular weight is 743 g/mol. The molecule has 6 rings (SSSR count). The molecule has 7 nitrogen and oxygen atoms in total. The maximum atomic E-state index is 14.5. The van der Waals surface area contributed by atoms with Crippen molar-refractivity contribution in [2.45, 2.75) is 31.0 Å². The van der Waals surface area contributed by atoms with Crippen LogP contribution in [0.5, 0.6) is 5.75 Å². The molecule has 0 saturated heterocycles. The first-order valence-corrected chi connectivity index (χ1v) is 16.6. The molecule has 0 bridgehead atoms. The average Bonchev–Trinajstić information content (AvgIpc) is 3.47. The summed E-state index contributed by atoms with van der Waals surface area (Å²) in [5.74, 6) is 0.746. The Bertz CT molecular complexity index is 1820. The summed E-state index contributed by atoms with van der Waals surface area (Å²) in [6.45, 7) is 0.917. The third kappa shape index (κ3) is 7.18. The molecule has 0 saturated carbocycles. The second-order valence-electron chi connectivity index (χ2n) is 11.1. The molecule has 9 heteroatoms. The molecule has 1 aliphatic heterocycles. The number of carbonyl (C=O) groups is 1. The number of aliphatic hydroxyl groups excluding tert-OH is 1. The minimum absolute atomic E-state index is 0.0689. The molecule has 0 radical (unpaired) electrons. The maximum absolute atomic E-state index is 14.5. The van der Waals surface area contributed by atoms with Crippen LogP contribution in [0.4, 0.5) is 0 Å². The predicted octanol–water partition coefficient (Wildman–Crippen LogP) is 7.45. The highest BCUT2D eigenvalue weighted by Crippen LogP contribution is 2.43. The highest BCUT2D eigenvalue weighted by Gasteiger charge is 2.53. The molecule has 0 fully saturated rings. The summed E-state index contributed by atoms with van der Waals surface area (Å²) in [6.07, 6.45) is 0.141. The molecule has 2 atom stereocenters. The number of rotatable bonds is 12.